The Balaban J connectivity index is 2.13. The molecule has 21 heavy (non-hydrogen) atoms. The molecule has 0 aliphatic carbocycles. The quantitative estimate of drug-likeness (QED) is 0.892. The van der Waals surface area contributed by atoms with E-state index in [9.17, 15) is 4.79 Å². The van der Waals surface area contributed by atoms with E-state index >= 15 is 0 Å². The number of nitrogens with two attached hydrogens (primary N) is 1. The van der Waals surface area contributed by atoms with Crippen molar-refractivity contribution in [2.45, 2.75) is 33.2 Å². The second-order valence-corrected chi connectivity index (χ2v) is 5.17. The summed E-state index contributed by atoms with van der Waals surface area (Å²) in [5, 5.41) is 7.79. The summed E-state index contributed by atoms with van der Waals surface area (Å²) in [5.74, 6) is -0.155. The van der Waals surface area contributed by atoms with E-state index in [0.29, 0.717) is 16.4 Å². The highest BCUT2D eigenvalue weighted by molar-refractivity contribution is 6.30. The summed E-state index contributed by atoms with van der Waals surface area (Å²) in [4.78, 5) is 12.1. The number of anilines is 2. The average Bonchev–Trinajstić information content (AvgIpc) is 2.74. The summed E-state index contributed by atoms with van der Waals surface area (Å²) in [7, 11) is 0. The first kappa shape index (κ1) is 15.4. The number of nitrogen functional groups attached to an aromatic ring is 1. The smallest absolute Gasteiger partial charge is 0.246 e. The number of nitrogens with zero attached hydrogens (tertiary/aromatic N) is 2. The predicted octanol–water partition coefficient (Wildman–Crippen LogP) is 2.88. The monoisotopic (exact) mass is 306 g/mol. The van der Waals surface area contributed by atoms with Crippen LogP contribution in [-0.4, -0.2) is 15.7 Å². The fourth-order valence-corrected chi connectivity index (χ4v) is 2.42. The zero-order valence-corrected chi connectivity index (χ0v) is 12.9. The van der Waals surface area contributed by atoms with E-state index in [2.05, 4.69) is 10.4 Å². The number of benzene rings is 1. The van der Waals surface area contributed by atoms with Gasteiger partial charge in [-0.1, -0.05) is 31.5 Å². The van der Waals surface area contributed by atoms with E-state index in [1.54, 1.807) is 28.9 Å². The summed E-state index contributed by atoms with van der Waals surface area (Å²) in [5.41, 5.74) is 9.13. The van der Waals surface area contributed by atoms with Crippen LogP contribution in [0.4, 0.5) is 11.4 Å². The Morgan fingerprint density at radius 2 is 2.14 bits per heavy atom. The fourth-order valence-electron chi connectivity index (χ4n) is 2.23. The number of nitrogens with one attached hydrogen (secondary N) is 1. The first-order valence-electron chi connectivity index (χ1n) is 6.94. The lowest BCUT2D eigenvalue weighted by molar-refractivity contribution is -0.116. The molecule has 0 saturated carbocycles. The number of carbonyl (C=O) groups excluding carboxylic acids is 1. The van der Waals surface area contributed by atoms with Gasteiger partial charge in [-0.2, -0.15) is 5.10 Å². The second kappa shape index (κ2) is 6.63. The molecule has 0 saturated heterocycles. The molecule has 2 aromatic rings. The number of hydrogen-bond acceptors (Lipinski definition) is 3. The maximum Gasteiger partial charge on any atom is 0.246 e. The summed E-state index contributed by atoms with van der Waals surface area (Å²) in [6, 6.07) is 7.04. The van der Waals surface area contributed by atoms with Crippen LogP contribution in [0.3, 0.4) is 0 Å². The van der Waals surface area contributed by atoms with Crippen LogP contribution in [-0.2, 0) is 24.2 Å². The predicted molar refractivity (Wildman–Crippen MR) is 85.5 cm³/mol. The molecule has 2 rings (SSSR count). The number of aromatic nitrogens is 2. The number of rotatable bonds is 5. The van der Waals surface area contributed by atoms with Crippen molar-refractivity contribution in [3.63, 3.8) is 0 Å². The van der Waals surface area contributed by atoms with Crippen molar-refractivity contribution in [3.05, 3.63) is 40.7 Å². The van der Waals surface area contributed by atoms with Crippen LogP contribution in [0.25, 0.3) is 0 Å². The van der Waals surface area contributed by atoms with Crippen LogP contribution in [0.2, 0.25) is 5.02 Å². The molecule has 3 N–H and O–H groups in total. The maximum atomic E-state index is 12.1. The highest BCUT2D eigenvalue weighted by Gasteiger charge is 2.15. The third-order valence-electron chi connectivity index (χ3n) is 3.25. The van der Waals surface area contributed by atoms with E-state index in [1.165, 1.54) is 0 Å². The molecule has 1 aromatic carbocycles. The van der Waals surface area contributed by atoms with Gasteiger partial charge in [0.05, 0.1) is 17.1 Å². The van der Waals surface area contributed by atoms with E-state index in [-0.39, 0.29) is 12.5 Å². The van der Waals surface area contributed by atoms with Crippen LogP contribution >= 0.6 is 11.6 Å². The molecule has 0 fully saturated rings. The third-order valence-corrected chi connectivity index (χ3v) is 3.48. The molecule has 1 heterocycles. The Kier molecular flexibility index (Phi) is 4.85. The fraction of sp³-hybridized carbons (Fsp3) is 0.333. The van der Waals surface area contributed by atoms with Crippen molar-refractivity contribution in [2.24, 2.45) is 0 Å². The summed E-state index contributed by atoms with van der Waals surface area (Å²) in [6.07, 6.45) is 1.49. The lowest BCUT2D eigenvalue weighted by Gasteiger charge is -2.08. The van der Waals surface area contributed by atoms with Crippen molar-refractivity contribution in [3.8, 4) is 0 Å². The minimum absolute atomic E-state index is 0.139. The van der Waals surface area contributed by atoms with Crippen LogP contribution in [0.15, 0.2) is 24.3 Å². The first-order valence-corrected chi connectivity index (χ1v) is 7.32. The van der Waals surface area contributed by atoms with Gasteiger partial charge in [0.1, 0.15) is 6.54 Å². The Hall–Kier alpha value is -2.01. The number of aryl methyl sites for hydroxylation is 1. The van der Waals surface area contributed by atoms with Crippen molar-refractivity contribution >= 4 is 28.9 Å². The standard InChI is InChI=1S/C15H19ClN4O/c1-3-12-15(17)13(4-2)20(19-12)9-14(21)18-11-7-5-6-10(16)8-11/h5-8H,3-4,9,17H2,1-2H3,(H,18,21). The van der Waals surface area contributed by atoms with E-state index in [0.717, 1.165) is 24.2 Å². The Labute approximate surface area is 129 Å². The Bertz CT molecular complexity index is 651. The number of amides is 1. The molecule has 6 heteroatoms. The van der Waals surface area contributed by atoms with Crippen molar-refractivity contribution in [2.75, 3.05) is 11.1 Å². The maximum absolute atomic E-state index is 12.1. The van der Waals surface area contributed by atoms with Crippen molar-refractivity contribution < 1.29 is 4.79 Å². The van der Waals surface area contributed by atoms with Gasteiger partial charge in [0, 0.05) is 10.7 Å². The molecule has 0 spiro atoms. The topological polar surface area (TPSA) is 72.9 Å². The molecule has 0 bridgehead atoms. The van der Waals surface area contributed by atoms with Gasteiger partial charge in [0.2, 0.25) is 5.91 Å². The van der Waals surface area contributed by atoms with Crippen molar-refractivity contribution in [1.29, 1.82) is 0 Å². The molecule has 1 aromatic heterocycles. The summed E-state index contributed by atoms with van der Waals surface area (Å²) < 4.78 is 1.67. The van der Waals surface area contributed by atoms with Gasteiger partial charge >= 0.3 is 0 Å². The lowest BCUT2D eigenvalue weighted by atomic mass is 10.2. The minimum atomic E-state index is -0.155. The van der Waals surface area contributed by atoms with Gasteiger partial charge < -0.3 is 11.1 Å². The van der Waals surface area contributed by atoms with Crippen LogP contribution in [0.5, 0.6) is 0 Å². The highest BCUT2D eigenvalue weighted by Crippen LogP contribution is 2.19. The molecule has 5 nitrogen and oxygen atoms in total. The average molecular weight is 307 g/mol. The molecule has 0 aliphatic rings. The first-order chi connectivity index (χ1) is 10.0. The molecular weight excluding hydrogens is 288 g/mol. The summed E-state index contributed by atoms with van der Waals surface area (Å²) in [6.45, 7) is 4.13. The van der Waals surface area contributed by atoms with E-state index < -0.39 is 0 Å². The molecule has 112 valence electrons. The lowest BCUT2D eigenvalue weighted by Crippen LogP contribution is -2.21. The molecule has 0 radical (unpaired) electrons. The van der Waals surface area contributed by atoms with Crippen molar-refractivity contribution in [1.82, 2.24) is 9.78 Å². The zero-order valence-electron chi connectivity index (χ0n) is 12.2. The molecule has 1 amide bonds. The van der Waals surface area contributed by atoms with Gasteiger partial charge in [-0.15, -0.1) is 0 Å². The Morgan fingerprint density at radius 3 is 2.76 bits per heavy atom. The van der Waals surface area contributed by atoms with Gasteiger partial charge in [-0.25, -0.2) is 0 Å². The largest absolute Gasteiger partial charge is 0.396 e. The number of halogens is 1. The van der Waals surface area contributed by atoms with Gasteiger partial charge in [-0.3, -0.25) is 9.48 Å². The summed E-state index contributed by atoms with van der Waals surface area (Å²) >= 11 is 5.89. The van der Waals surface area contributed by atoms with E-state index in [1.807, 2.05) is 13.8 Å². The molecular formula is C15H19ClN4O. The van der Waals surface area contributed by atoms with Crippen LogP contribution < -0.4 is 11.1 Å². The molecule has 0 unspecified atom stereocenters. The second-order valence-electron chi connectivity index (χ2n) is 4.73. The van der Waals surface area contributed by atoms with E-state index in [4.69, 9.17) is 17.3 Å². The van der Waals surface area contributed by atoms with Gasteiger partial charge in [-0.05, 0) is 31.0 Å². The number of hydrogen-bond donors (Lipinski definition) is 2. The van der Waals surface area contributed by atoms with Gasteiger partial charge in [0.25, 0.3) is 0 Å². The molecule has 0 aliphatic heterocycles. The third kappa shape index (κ3) is 3.55. The zero-order chi connectivity index (χ0) is 15.4. The highest BCUT2D eigenvalue weighted by atomic mass is 35.5. The number of carbonyl (C=O) groups is 1. The van der Waals surface area contributed by atoms with Gasteiger partial charge in [0.15, 0.2) is 0 Å². The van der Waals surface area contributed by atoms with Crippen LogP contribution in [0, 0.1) is 0 Å². The SMILES string of the molecule is CCc1nn(CC(=O)Nc2cccc(Cl)c2)c(CC)c1N. The van der Waals surface area contributed by atoms with Crippen LogP contribution in [0.1, 0.15) is 25.2 Å². The normalized spacial score (nSPS) is 10.6. The Morgan fingerprint density at radius 1 is 1.38 bits per heavy atom. The minimum Gasteiger partial charge on any atom is -0.396 e. The molecule has 0 atom stereocenters.